The van der Waals surface area contributed by atoms with Gasteiger partial charge in [-0.3, -0.25) is 9.69 Å². The van der Waals surface area contributed by atoms with Gasteiger partial charge in [0.25, 0.3) is 0 Å². The van der Waals surface area contributed by atoms with Gasteiger partial charge in [-0.2, -0.15) is 0 Å². The molecule has 1 fully saturated rings. The number of amides is 1. The van der Waals surface area contributed by atoms with E-state index in [0.717, 1.165) is 56.5 Å². The van der Waals surface area contributed by atoms with Crippen molar-refractivity contribution in [1.29, 1.82) is 0 Å². The van der Waals surface area contributed by atoms with Crippen LogP contribution in [0.2, 0.25) is 0 Å². The Kier molecular flexibility index (Phi) is 6.49. The predicted octanol–water partition coefficient (Wildman–Crippen LogP) is 5.32. The van der Waals surface area contributed by atoms with Crippen LogP contribution in [0.3, 0.4) is 0 Å². The molecule has 1 aromatic heterocycles. The monoisotopic (exact) mass is 438 g/mol. The fourth-order valence-electron chi connectivity index (χ4n) is 4.66. The second-order valence-electron chi connectivity index (χ2n) is 8.72. The molecule has 0 unspecified atom stereocenters. The van der Waals surface area contributed by atoms with E-state index in [4.69, 9.17) is 0 Å². The third kappa shape index (κ3) is 5.15. The van der Waals surface area contributed by atoms with Gasteiger partial charge >= 0.3 is 0 Å². The Morgan fingerprint density at radius 1 is 0.788 bits per heavy atom. The van der Waals surface area contributed by atoms with E-state index in [1.54, 1.807) is 0 Å². The first-order valence-corrected chi connectivity index (χ1v) is 11.9. The second kappa shape index (κ2) is 10.0. The number of nitrogens with one attached hydrogen (secondary N) is 1. The molecule has 2 heterocycles. The molecule has 5 nitrogen and oxygen atoms in total. The third-order valence-electron chi connectivity index (χ3n) is 6.47. The van der Waals surface area contributed by atoms with Crippen LogP contribution in [0, 0.1) is 0 Å². The lowest BCUT2D eigenvalue weighted by Crippen LogP contribution is -2.46. The molecule has 0 spiro atoms. The summed E-state index contributed by atoms with van der Waals surface area (Å²) in [5.74, 6) is 0.668. The molecule has 0 atom stereocenters. The van der Waals surface area contributed by atoms with Gasteiger partial charge in [-0.25, -0.2) is 4.98 Å². The number of hydrogen-bond donors (Lipinski definition) is 1. The Hall–Kier alpha value is -3.44. The highest BCUT2D eigenvalue weighted by Gasteiger charge is 2.18. The molecule has 0 bridgehead atoms. The predicted molar refractivity (Wildman–Crippen MR) is 137 cm³/mol. The average Bonchev–Trinajstić information content (AvgIpc) is 2.87. The normalized spacial score (nSPS) is 14.6. The Labute approximate surface area is 195 Å². The minimum atomic E-state index is 0.0403. The van der Waals surface area contributed by atoms with E-state index in [1.165, 1.54) is 16.5 Å². The Morgan fingerprint density at radius 2 is 1.55 bits per heavy atom. The zero-order valence-corrected chi connectivity index (χ0v) is 18.9. The van der Waals surface area contributed by atoms with Gasteiger partial charge in [0.05, 0.1) is 5.52 Å². The number of hydrogen-bond acceptors (Lipinski definition) is 4. The molecule has 4 aromatic rings. The summed E-state index contributed by atoms with van der Waals surface area (Å²) in [7, 11) is 0. The summed E-state index contributed by atoms with van der Waals surface area (Å²) >= 11 is 0. The van der Waals surface area contributed by atoms with Gasteiger partial charge in [0, 0.05) is 49.1 Å². The van der Waals surface area contributed by atoms with Crippen molar-refractivity contribution in [1.82, 2.24) is 9.88 Å². The van der Waals surface area contributed by atoms with Gasteiger partial charge < -0.3 is 10.2 Å². The van der Waals surface area contributed by atoms with Crippen LogP contribution in [0.25, 0.3) is 21.7 Å². The van der Waals surface area contributed by atoms with Crippen molar-refractivity contribution in [3.8, 4) is 0 Å². The molecule has 1 amide bonds. The number of benzene rings is 3. The van der Waals surface area contributed by atoms with Crippen LogP contribution in [-0.4, -0.2) is 48.5 Å². The van der Waals surface area contributed by atoms with Crippen LogP contribution in [0.4, 0.5) is 11.5 Å². The number of carbonyl (C=O) groups excluding carboxylic acids is 1. The second-order valence-corrected chi connectivity index (χ2v) is 8.72. The SMILES string of the molecule is O=C(CCCCN1CCN(c2cccc3ccccc23)CC1)Nc1ccc2ccccc2n1. The number of para-hydroxylation sites is 1. The molecule has 5 rings (SSSR count). The van der Waals surface area contributed by atoms with Gasteiger partial charge in [0.1, 0.15) is 5.82 Å². The smallest absolute Gasteiger partial charge is 0.225 e. The maximum atomic E-state index is 12.3. The molecule has 0 radical (unpaired) electrons. The van der Waals surface area contributed by atoms with Gasteiger partial charge in [-0.1, -0.05) is 54.6 Å². The minimum absolute atomic E-state index is 0.0403. The summed E-state index contributed by atoms with van der Waals surface area (Å²) in [6.07, 6.45) is 2.46. The van der Waals surface area contributed by atoms with Gasteiger partial charge in [0.2, 0.25) is 5.91 Å². The lowest BCUT2D eigenvalue weighted by molar-refractivity contribution is -0.116. The molecule has 168 valence electrons. The third-order valence-corrected chi connectivity index (χ3v) is 6.47. The lowest BCUT2D eigenvalue weighted by atomic mass is 10.1. The van der Waals surface area contributed by atoms with Crippen molar-refractivity contribution < 1.29 is 4.79 Å². The highest BCUT2D eigenvalue weighted by Crippen LogP contribution is 2.27. The molecular weight excluding hydrogens is 408 g/mol. The van der Waals surface area contributed by atoms with Crippen molar-refractivity contribution in [2.75, 3.05) is 42.9 Å². The first-order valence-electron chi connectivity index (χ1n) is 11.9. The van der Waals surface area contributed by atoms with Crippen molar-refractivity contribution in [2.45, 2.75) is 19.3 Å². The summed E-state index contributed by atoms with van der Waals surface area (Å²) in [5.41, 5.74) is 2.24. The zero-order valence-electron chi connectivity index (χ0n) is 18.9. The van der Waals surface area contributed by atoms with Crippen molar-refractivity contribution >= 4 is 39.1 Å². The van der Waals surface area contributed by atoms with Crippen LogP contribution in [-0.2, 0) is 4.79 Å². The molecule has 1 aliphatic rings. The van der Waals surface area contributed by atoms with E-state index in [-0.39, 0.29) is 5.91 Å². The number of pyridine rings is 1. The summed E-state index contributed by atoms with van der Waals surface area (Å²) < 4.78 is 0. The topological polar surface area (TPSA) is 48.5 Å². The molecule has 1 N–H and O–H groups in total. The Balaban J connectivity index is 1.05. The van der Waals surface area contributed by atoms with E-state index in [2.05, 4.69) is 62.6 Å². The first-order chi connectivity index (χ1) is 16.3. The summed E-state index contributed by atoms with van der Waals surface area (Å²) in [4.78, 5) is 21.9. The first kappa shape index (κ1) is 21.4. The van der Waals surface area contributed by atoms with Gasteiger partial charge in [0.15, 0.2) is 0 Å². The zero-order chi connectivity index (χ0) is 22.5. The minimum Gasteiger partial charge on any atom is -0.368 e. The quantitative estimate of drug-likeness (QED) is 0.397. The van der Waals surface area contributed by atoms with E-state index < -0.39 is 0 Å². The molecule has 1 aliphatic heterocycles. The average molecular weight is 439 g/mol. The van der Waals surface area contributed by atoms with Crippen LogP contribution >= 0.6 is 0 Å². The molecule has 33 heavy (non-hydrogen) atoms. The Morgan fingerprint density at radius 3 is 2.42 bits per heavy atom. The maximum Gasteiger partial charge on any atom is 0.225 e. The van der Waals surface area contributed by atoms with Crippen molar-refractivity contribution in [3.63, 3.8) is 0 Å². The lowest BCUT2D eigenvalue weighted by Gasteiger charge is -2.36. The van der Waals surface area contributed by atoms with Crippen molar-refractivity contribution in [2.24, 2.45) is 0 Å². The number of fused-ring (bicyclic) bond motifs is 2. The molecule has 0 aliphatic carbocycles. The number of carbonyl (C=O) groups is 1. The van der Waals surface area contributed by atoms with E-state index >= 15 is 0 Å². The van der Waals surface area contributed by atoms with Crippen LogP contribution in [0.5, 0.6) is 0 Å². The van der Waals surface area contributed by atoms with Crippen LogP contribution < -0.4 is 10.2 Å². The number of anilines is 2. The number of unbranched alkanes of at least 4 members (excludes halogenated alkanes) is 1. The van der Waals surface area contributed by atoms with Crippen LogP contribution in [0.15, 0.2) is 78.9 Å². The molecule has 0 saturated carbocycles. The number of nitrogens with zero attached hydrogens (tertiary/aromatic N) is 3. The largest absolute Gasteiger partial charge is 0.368 e. The number of rotatable bonds is 7. The van der Waals surface area contributed by atoms with E-state index in [9.17, 15) is 4.79 Å². The fraction of sp³-hybridized carbons (Fsp3) is 0.286. The van der Waals surface area contributed by atoms with Gasteiger partial charge in [-0.05, 0) is 49.0 Å². The van der Waals surface area contributed by atoms with Crippen LogP contribution in [0.1, 0.15) is 19.3 Å². The summed E-state index contributed by atoms with van der Waals surface area (Å²) in [5, 5.41) is 6.65. The maximum absolute atomic E-state index is 12.3. The highest BCUT2D eigenvalue weighted by molar-refractivity contribution is 5.94. The molecule has 1 saturated heterocycles. The molecule has 5 heteroatoms. The summed E-state index contributed by atoms with van der Waals surface area (Å²) in [6, 6.07) is 27.0. The number of aromatic nitrogens is 1. The highest BCUT2D eigenvalue weighted by atomic mass is 16.1. The van der Waals surface area contributed by atoms with Gasteiger partial charge in [-0.15, -0.1) is 0 Å². The Bertz CT molecular complexity index is 1240. The standard InChI is InChI=1S/C28H30N4O/c33-28(30-27-16-15-23-9-2-4-12-25(23)29-27)14-5-6-17-31-18-20-32(21-19-31)26-13-7-10-22-8-1-3-11-24(22)26/h1-4,7-13,15-16H,5-6,14,17-21H2,(H,29,30,33). The summed E-state index contributed by atoms with van der Waals surface area (Å²) in [6.45, 7) is 5.27. The van der Waals surface area contributed by atoms with E-state index in [0.29, 0.717) is 12.2 Å². The van der Waals surface area contributed by atoms with E-state index in [1.807, 2.05) is 36.4 Å². The molecule has 3 aromatic carbocycles. The fourth-order valence-corrected chi connectivity index (χ4v) is 4.66. The number of piperazine rings is 1. The van der Waals surface area contributed by atoms with Crippen molar-refractivity contribution in [3.05, 3.63) is 78.9 Å². The molecular formula is C28H30N4O.